The largest absolute Gasteiger partial charge is 0.483 e. The van der Waals surface area contributed by atoms with Crippen molar-refractivity contribution in [1.82, 2.24) is 9.80 Å². The zero-order valence-corrected chi connectivity index (χ0v) is 17.8. The van der Waals surface area contributed by atoms with Crippen molar-refractivity contribution in [2.24, 2.45) is 0 Å². The number of hydrogen-bond acceptors (Lipinski definition) is 3. The van der Waals surface area contributed by atoms with Crippen molar-refractivity contribution in [3.8, 4) is 5.75 Å². The van der Waals surface area contributed by atoms with Crippen molar-refractivity contribution in [2.45, 2.75) is 34.1 Å². The topological polar surface area (TPSA) is 49.9 Å². The fraction of sp³-hybridized carbons (Fsp3) is 0.417. The zero-order valence-electron chi connectivity index (χ0n) is 17.8. The SMILES string of the molecule is Cc1ccc(C(=O)N2CCCN(C(=O)COc3c(C)ccc(C)c3C)CC2)cc1. The first-order valence-corrected chi connectivity index (χ1v) is 10.2. The summed E-state index contributed by atoms with van der Waals surface area (Å²) >= 11 is 0. The van der Waals surface area contributed by atoms with Crippen LogP contribution in [0, 0.1) is 27.7 Å². The van der Waals surface area contributed by atoms with Crippen molar-refractivity contribution in [1.29, 1.82) is 0 Å². The minimum atomic E-state index is -0.0325. The average Bonchev–Trinajstić information content (AvgIpc) is 2.97. The molecule has 0 aromatic heterocycles. The second-order valence-corrected chi connectivity index (χ2v) is 7.83. The molecule has 0 aliphatic carbocycles. The van der Waals surface area contributed by atoms with E-state index in [9.17, 15) is 9.59 Å². The smallest absolute Gasteiger partial charge is 0.260 e. The van der Waals surface area contributed by atoms with Crippen molar-refractivity contribution >= 4 is 11.8 Å². The summed E-state index contributed by atoms with van der Waals surface area (Å²) in [6, 6.07) is 11.7. The highest BCUT2D eigenvalue weighted by molar-refractivity contribution is 5.94. The Morgan fingerprint density at radius 1 is 0.828 bits per heavy atom. The Morgan fingerprint density at radius 3 is 2.17 bits per heavy atom. The van der Waals surface area contributed by atoms with Crippen LogP contribution >= 0.6 is 0 Å². The predicted octanol–water partition coefficient (Wildman–Crippen LogP) is 3.67. The molecule has 0 spiro atoms. The molecule has 1 aliphatic heterocycles. The first kappa shape index (κ1) is 20.9. The summed E-state index contributed by atoms with van der Waals surface area (Å²) in [4.78, 5) is 29.1. The summed E-state index contributed by atoms with van der Waals surface area (Å²) in [6.45, 7) is 10.5. The van der Waals surface area contributed by atoms with Crippen LogP contribution in [0.1, 0.15) is 39.0 Å². The van der Waals surface area contributed by atoms with Gasteiger partial charge in [0.05, 0.1) is 0 Å². The van der Waals surface area contributed by atoms with Gasteiger partial charge in [-0.05, 0) is 62.9 Å². The molecule has 2 aromatic carbocycles. The van der Waals surface area contributed by atoms with E-state index >= 15 is 0 Å². The second kappa shape index (κ2) is 9.12. The van der Waals surface area contributed by atoms with E-state index in [-0.39, 0.29) is 18.4 Å². The van der Waals surface area contributed by atoms with Crippen LogP contribution in [-0.2, 0) is 4.79 Å². The Kier molecular flexibility index (Phi) is 6.57. The van der Waals surface area contributed by atoms with Crippen LogP contribution in [0.3, 0.4) is 0 Å². The number of nitrogens with zero attached hydrogens (tertiary/aromatic N) is 2. The number of carbonyl (C=O) groups is 2. The van der Waals surface area contributed by atoms with Crippen molar-refractivity contribution in [2.75, 3.05) is 32.8 Å². The van der Waals surface area contributed by atoms with Gasteiger partial charge in [0, 0.05) is 31.7 Å². The first-order chi connectivity index (χ1) is 13.9. The third-order valence-electron chi connectivity index (χ3n) is 5.65. The van der Waals surface area contributed by atoms with Crippen LogP contribution in [0.15, 0.2) is 36.4 Å². The van der Waals surface area contributed by atoms with Gasteiger partial charge in [0.25, 0.3) is 11.8 Å². The van der Waals surface area contributed by atoms with E-state index in [1.165, 1.54) is 0 Å². The minimum absolute atomic E-state index is 0.0248. The molecule has 1 saturated heterocycles. The van der Waals surface area contributed by atoms with E-state index < -0.39 is 0 Å². The summed E-state index contributed by atoms with van der Waals surface area (Å²) in [5, 5.41) is 0. The molecule has 1 fully saturated rings. The van der Waals surface area contributed by atoms with E-state index in [2.05, 4.69) is 6.07 Å². The summed E-state index contributed by atoms with van der Waals surface area (Å²) < 4.78 is 5.89. The van der Waals surface area contributed by atoms with Gasteiger partial charge in [-0.3, -0.25) is 9.59 Å². The van der Waals surface area contributed by atoms with Gasteiger partial charge >= 0.3 is 0 Å². The third-order valence-corrected chi connectivity index (χ3v) is 5.65. The number of amides is 2. The number of carbonyl (C=O) groups excluding carboxylic acids is 2. The molecule has 0 unspecified atom stereocenters. The van der Waals surface area contributed by atoms with Crippen LogP contribution in [0.25, 0.3) is 0 Å². The summed E-state index contributed by atoms with van der Waals surface area (Å²) in [6.07, 6.45) is 0.770. The highest BCUT2D eigenvalue weighted by Gasteiger charge is 2.23. The number of ether oxygens (including phenoxy) is 1. The van der Waals surface area contributed by atoms with Gasteiger partial charge in [-0.1, -0.05) is 29.8 Å². The van der Waals surface area contributed by atoms with E-state index in [0.717, 1.165) is 34.4 Å². The quantitative estimate of drug-likeness (QED) is 0.795. The summed E-state index contributed by atoms with van der Waals surface area (Å²) in [5.41, 5.74) is 5.09. The molecule has 3 rings (SSSR count). The fourth-order valence-electron chi connectivity index (χ4n) is 3.62. The fourth-order valence-corrected chi connectivity index (χ4v) is 3.62. The van der Waals surface area contributed by atoms with Gasteiger partial charge in [-0.25, -0.2) is 0 Å². The average molecular weight is 395 g/mol. The van der Waals surface area contributed by atoms with Gasteiger partial charge in [0.1, 0.15) is 5.75 Å². The van der Waals surface area contributed by atoms with Crippen molar-refractivity contribution < 1.29 is 14.3 Å². The van der Waals surface area contributed by atoms with E-state index in [4.69, 9.17) is 4.74 Å². The maximum absolute atomic E-state index is 12.8. The second-order valence-electron chi connectivity index (χ2n) is 7.83. The lowest BCUT2D eigenvalue weighted by Crippen LogP contribution is -2.39. The Balaban J connectivity index is 1.58. The van der Waals surface area contributed by atoms with Gasteiger partial charge in [0.2, 0.25) is 0 Å². The van der Waals surface area contributed by atoms with E-state index in [1.807, 2.05) is 67.8 Å². The van der Waals surface area contributed by atoms with Crippen LogP contribution in [-0.4, -0.2) is 54.4 Å². The maximum Gasteiger partial charge on any atom is 0.260 e. The molecule has 0 saturated carbocycles. The molecule has 0 atom stereocenters. The molecule has 0 radical (unpaired) electrons. The Bertz CT molecular complexity index is 890. The van der Waals surface area contributed by atoms with Gasteiger partial charge in [0.15, 0.2) is 6.61 Å². The molecule has 5 heteroatoms. The van der Waals surface area contributed by atoms with Crippen molar-refractivity contribution in [3.05, 3.63) is 64.2 Å². The molecule has 2 amide bonds. The molecule has 2 aromatic rings. The number of hydrogen-bond donors (Lipinski definition) is 0. The number of benzene rings is 2. The lowest BCUT2D eigenvalue weighted by atomic mass is 10.1. The molecule has 154 valence electrons. The normalized spacial score (nSPS) is 14.5. The van der Waals surface area contributed by atoms with E-state index in [0.29, 0.717) is 31.7 Å². The highest BCUT2D eigenvalue weighted by atomic mass is 16.5. The third kappa shape index (κ3) is 4.97. The van der Waals surface area contributed by atoms with Gasteiger partial charge in [-0.15, -0.1) is 0 Å². The van der Waals surface area contributed by atoms with Gasteiger partial charge in [-0.2, -0.15) is 0 Å². The molecule has 5 nitrogen and oxygen atoms in total. The van der Waals surface area contributed by atoms with Crippen molar-refractivity contribution in [3.63, 3.8) is 0 Å². The Hall–Kier alpha value is -2.82. The summed E-state index contributed by atoms with van der Waals surface area (Å²) in [7, 11) is 0. The monoisotopic (exact) mass is 394 g/mol. The Morgan fingerprint density at radius 2 is 1.45 bits per heavy atom. The standard InChI is InChI=1S/C24H30N2O3/c1-17-6-10-21(11-7-17)24(28)26-13-5-12-25(14-15-26)22(27)16-29-23-19(3)9-8-18(2)20(23)4/h6-11H,5,12-16H2,1-4H3. The molecule has 0 N–H and O–H groups in total. The number of aryl methyl sites for hydroxylation is 3. The Labute approximate surface area is 173 Å². The lowest BCUT2D eigenvalue weighted by molar-refractivity contribution is -0.133. The van der Waals surface area contributed by atoms with E-state index in [1.54, 1.807) is 0 Å². The molecule has 29 heavy (non-hydrogen) atoms. The highest BCUT2D eigenvalue weighted by Crippen LogP contribution is 2.25. The minimum Gasteiger partial charge on any atom is -0.483 e. The van der Waals surface area contributed by atoms with Crippen LogP contribution in [0.4, 0.5) is 0 Å². The summed E-state index contributed by atoms with van der Waals surface area (Å²) in [5.74, 6) is 0.792. The van der Waals surface area contributed by atoms with Crippen LogP contribution < -0.4 is 4.74 Å². The molecule has 1 heterocycles. The van der Waals surface area contributed by atoms with Crippen LogP contribution in [0.5, 0.6) is 5.75 Å². The van der Waals surface area contributed by atoms with Gasteiger partial charge < -0.3 is 14.5 Å². The molecule has 0 bridgehead atoms. The lowest BCUT2D eigenvalue weighted by Gasteiger charge is -2.23. The molecule has 1 aliphatic rings. The zero-order chi connectivity index (χ0) is 21.0. The molecular weight excluding hydrogens is 364 g/mol. The first-order valence-electron chi connectivity index (χ1n) is 10.2. The maximum atomic E-state index is 12.8. The number of rotatable bonds is 4. The molecular formula is C24H30N2O3. The predicted molar refractivity (Wildman–Crippen MR) is 114 cm³/mol. The van der Waals surface area contributed by atoms with Crippen LogP contribution in [0.2, 0.25) is 0 Å².